The van der Waals surface area contributed by atoms with E-state index >= 15 is 0 Å². The number of nitrogens with one attached hydrogen (secondary N) is 1. The Morgan fingerprint density at radius 2 is 2.12 bits per heavy atom. The van der Waals surface area contributed by atoms with Crippen LogP contribution in [0.3, 0.4) is 0 Å². The zero-order valence-corrected chi connectivity index (χ0v) is 16.9. The molecule has 5 nitrogen and oxygen atoms in total. The number of hydrogen-bond acceptors (Lipinski definition) is 4. The maximum Gasteiger partial charge on any atom is 0.147 e. The monoisotopic (exact) mass is 368 g/mol. The van der Waals surface area contributed by atoms with Crippen molar-refractivity contribution in [3.8, 4) is 0 Å². The van der Waals surface area contributed by atoms with Crippen LogP contribution in [0.2, 0.25) is 5.15 Å². The van der Waals surface area contributed by atoms with E-state index in [4.69, 9.17) is 16.3 Å². The molecular formula is C19H33ClN4O. The fourth-order valence-corrected chi connectivity index (χ4v) is 4.71. The number of halogens is 1. The molecule has 0 aromatic carbocycles. The van der Waals surface area contributed by atoms with Crippen LogP contribution in [0.5, 0.6) is 0 Å². The van der Waals surface area contributed by atoms with E-state index in [-0.39, 0.29) is 5.60 Å². The van der Waals surface area contributed by atoms with Crippen molar-refractivity contribution >= 4 is 11.6 Å². The number of rotatable bonds is 6. The second-order valence-electron chi connectivity index (χ2n) is 8.77. The molecule has 1 spiro atoms. The normalized spacial score (nSPS) is 29.0. The molecule has 1 aromatic rings. The molecule has 2 fully saturated rings. The molecule has 0 atom stereocenters. The molecule has 2 aliphatic rings. The van der Waals surface area contributed by atoms with Crippen LogP contribution < -0.4 is 5.32 Å². The van der Waals surface area contributed by atoms with Gasteiger partial charge in [0.25, 0.3) is 0 Å². The highest BCUT2D eigenvalue weighted by molar-refractivity contribution is 6.29. The van der Waals surface area contributed by atoms with Crippen LogP contribution >= 0.6 is 11.6 Å². The first kappa shape index (κ1) is 19.2. The quantitative estimate of drug-likeness (QED) is 0.834. The van der Waals surface area contributed by atoms with Gasteiger partial charge in [0.1, 0.15) is 11.0 Å². The Balaban J connectivity index is 1.63. The van der Waals surface area contributed by atoms with Crippen LogP contribution in [0.25, 0.3) is 0 Å². The van der Waals surface area contributed by atoms with Gasteiger partial charge >= 0.3 is 0 Å². The maximum atomic E-state index is 6.26. The number of likely N-dealkylation sites (N-methyl/N-ethyl adjacent to an activating group) is 2. The van der Waals surface area contributed by atoms with Gasteiger partial charge in [-0.25, -0.2) is 4.98 Å². The van der Waals surface area contributed by atoms with Crippen molar-refractivity contribution in [1.82, 2.24) is 19.8 Å². The van der Waals surface area contributed by atoms with Gasteiger partial charge in [-0.3, -0.25) is 4.90 Å². The van der Waals surface area contributed by atoms with Crippen LogP contribution in [0, 0.1) is 5.41 Å². The highest BCUT2D eigenvalue weighted by atomic mass is 35.5. The number of nitrogens with zero attached hydrogens (tertiary/aromatic N) is 3. The first-order valence-corrected chi connectivity index (χ1v) is 9.91. The summed E-state index contributed by atoms with van der Waals surface area (Å²) in [6.45, 7) is 8.35. The van der Waals surface area contributed by atoms with Gasteiger partial charge in [0.2, 0.25) is 0 Å². The van der Waals surface area contributed by atoms with Crippen molar-refractivity contribution in [1.29, 1.82) is 0 Å². The van der Waals surface area contributed by atoms with E-state index in [1.807, 2.05) is 13.2 Å². The van der Waals surface area contributed by atoms with Gasteiger partial charge in [-0.15, -0.1) is 0 Å². The molecule has 1 aliphatic carbocycles. The average molecular weight is 369 g/mol. The van der Waals surface area contributed by atoms with Gasteiger partial charge in [0.05, 0.1) is 18.8 Å². The molecule has 3 rings (SSSR count). The minimum Gasteiger partial charge on any atom is -0.374 e. The highest BCUT2D eigenvalue weighted by Gasteiger charge is 2.46. The standard InChI is InChI=1S/C19H33ClN4O/c1-18(2)13-19(25-14-18)7-5-15(6-8-19)24-11-16(20)22-17(24)12-23(4)10-9-21-3/h11,15,21H,5-10,12-14H2,1-4H3/t15-,19-. The summed E-state index contributed by atoms with van der Waals surface area (Å²) >= 11 is 6.24. The van der Waals surface area contributed by atoms with Crippen molar-refractivity contribution < 1.29 is 4.74 Å². The Hall–Kier alpha value is -0.620. The number of ether oxygens (including phenoxy) is 1. The average Bonchev–Trinajstić information content (AvgIpc) is 3.06. The van der Waals surface area contributed by atoms with Crippen molar-refractivity contribution in [2.24, 2.45) is 5.41 Å². The predicted molar refractivity (Wildman–Crippen MR) is 102 cm³/mol. The van der Waals surface area contributed by atoms with Crippen molar-refractivity contribution in [2.75, 3.05) is 33.8 Å². The number of aromatic nitrogens is 2. The Bertz CT molecular complexity index is 578. The van der Waals surface area contributed by atoms with Crippen LogP contribution in [0.1, 0.15) is 57.8 Å². The summed E-state index contributed by atoms with van der Waals surface area (Å²) in [5.41, 5.74) is 0.445. The largest absolute Gasteiger partial charge is 0.374 e. The fourth-order valence-electron chi connectivity index (χ4n) is 4.51. The Labute approximate surface area is 157 Å². The molecule has 1 aliphatic heterocycles. The lowest BCUT2D eigenvalue weighted by Crippen LogP contribution is -2.35. The van der Waals surface area contributed by atoms with E-state index in [1.54, 1.807) is 0 Å². The summed E-state index contributed by atoms with van der Waals surface area (Å²) in [6.07, 6.45) is 7.80. The maximum absolute atomic E-state index is 6.26. The smallest absolute Gasteiger partial charge is 0.147 e. The zero-order chi connectivity index (χ0) is 18.1. The third-order valence-corrected chi connectivity index (χ3v) is 5.95. The van der Waals surface area contributed by atoms with E-state index in [0.29, 0.717) is 16.6 Å². The van der Waals surface area contributed by atoms with Crippen LogP contribution in [0.4, 0.5) is 0 Å². The summed E-state index contributed by atoms with van der Waals surface area (Å²) in [4.78, 5) is 6.87. The summed E-state index contributed by atoms with van der Waals surface area (Å²) in [5.74, 6) is 1.08. The number of imidazole rings is 1. The Kier molecular flexibility index (Phi) is 5.78. The third-order valence-electron chi connectivity index (χ3n) is 5.76. The molecule has 0 radical (unpaired) electrons. The van der Waals surface area contributed by atoms with Gasteiger partial charge < -0.3 is 14.6 Å². The molecule has 1 saturated heterocycles. The van der Waals surface area contributed by atoms with E-state index in [0.717, 1.165) is 57.7 Å². The van der Waals surface area contributed by atoms with E-state index in [2.05, 4.69) is 40.7 Å². The fraction of sp³-hybridized carbons (Fsp3) is 0.842. The first-order chi connectivity index (χ1) is 11.8. The van der Waals surface area contributed by atoms with Gasteiger partial charge in [0.15, 0.2) is 0 Å². The lowest BCUT2D eigenvalue weighted by molar-refractivity contribution is -0.0345. The van der Waals surface area contributed by atoms with E-state index in [9.17, 15) is 0 Å². The van der Waals surface area contributed by atoms with Gasteiger partial charge in [-0.2, -0.15) is 0 Å². The molecule has 0 unspecified atom stereocenters. The minimum absolute atomic E-state index is 0.119. The predicted octanol–water partition coefficient (Wildman–Crippen LogP) is 3.49. The number of hydrogen-bond donors (Lipinski definition) is 1. The molecule has 1 N–H and O–H groups in total. The van der Waals surface area contributed by atoms with Crippen molar-refractivity contribution in [2.45, 2.75) is 64.1 Å². The van der Waals surface area contributed by atoms with Crippen LogP contribution in [0.15, 0.2) is 6.20 Å². The summed E-state index contributed by atoms with van der Waals surface area (Å²) < 4.78 is 8.58. The first-order valence-electron chi connectivity index (χ1n) is 9.53. The van der Waals surface area contributed by atoms with Gasteiger partial charge in [-0.1, -0.05) is 25.4 Å². The van der Waals surface area contributed by atoms with Crippen LogP contribution in [-0.4, -0.2) is 53.8 Å². The lowest BCUT2D eigenvalue weighted by Gasteiger charge is -2.38. The summed E-state index contributed by atoms with van der Waals surface area (Å²) in [6, 6.07) is 0.491. The second kappa shape index (κ2) is 7.55. The molecule has 142 valence electrons. The Morgan fingerprint density at radius 3 is 2.72 bits per heavy atom. The topological polar surface area (TPSA) is 42.3 Å². The van der Waals surface area contributed by atoms with E-state index < -0.39 is 0 Å². The summed E-state index contributed by atoms with van der Waals surface area (Å²) in [5, 5.41) is 3.80. The Morgan fingerprint density at radius 1 is 1.40 bits per heavy atom. The lowest BCUT2D eigenvalue weighted by atomic mass is 9.75. The second-order valence-corrected chi connectivity index (χ2v) is 9.16. The molecule has 0 amide bonds. The molecule has 0 bridgehead atoms. The molecule has 2 heterocycles. The van der Waals surface area contributed by atoms with Gasteiger partial charge in [0, 0.05) is 25.3 Å². The molecule has 25 heavy (non-hydrogen) atoms. The van der Waals surface area contributed by atoms with Gasteiger partial charge in [-0.05, 0) is 51.6 Å². The van der Waals surface area contributed by atoms with E-state index in [1.165, 1.54) is 6.42 Å². The highest BCUT2D eigenvalue weighted by Crippen LogP contribution is 2.49. The molecule has 1 aromatic heterocycles. The minimum atomic E-state index is 0.119. The zero-order valence-electron chi connectivity index (χ0n) is 16.1. The van der Waals surface area contributed by atoms with Crippen molar-refractivity contribution in [3.63, 3.8) is 0 Å². The molecular weight excluding hydrogens is 336 g/mol. The van der Waals surface area contributed by atoms with Crippen LogP contribution in [-0.2, 0) is 11.3 Å². The third kappa shape index (κ3) is 4.57. The summed E-state index contributed by atoms with van der Waals surface area (Å²) in [7, 11) is 4.12. The molecule has 1 saturated carbocycles. The van der Waals surface area contributed by atoms with Crippen molar-refractivity contribution in [3.05, 3.63) is 17.2 Å². The SMILES string of the molecule is CNCCN(C)Cc1nc(Cl)cn1[C@H]1CC[C@]2(CC1)CC(C)(C)CO2. The molecule has 6 heteroatoms.